The van der Waals surface area contributed by atoms with E-state index in [1.165, 1.54) is 0 Å². The van der Waals surface area contributed by atoms with Gasteiger partial charge in [0.05, 0.1) is 4.90 Å². The molecule has 0 aliphatic carbocycles. The van der Waals surface area contributed by atoms with Crippen LogP contribution in [0.15, 0.2) is 45.9 Å². The van der Waals surface area contributed by atoms with E-state index < -0.39 is 10.0 Å². The molecule has 0 spiro atoms. The van der Waals surface area contributed by atoms with E-state index in [0.29, 0.717) is 0 Å². The van der Waals surface area contributed by atoms with Gasteiger partial charge in [-0.3, -0.25) is 0 Å². The van der Waals surface area contributed by atoms with Gasteiger partial charge >= 0.3 is 0 Å². The number of pyridine rings is 1. The molecule has 128 valence electrons. The van der Waals surface area contributed by atoms with E-state index >= 15 is 0 Å². The number of nitrogens with two attached hydrogens (primary N) is 1. The SMILES string of the molecule is Cc1cc(Br)cnc1N1CCN(c2ccc(S(N)(=O)=O)cc2)CC1. The van der Waals surface area contributed by atoms with Crippen LogP contribution >= 0.6 is 15.9 Å². The van der Waals surface area contributed by atoms with Crippen molar-refractivity contribution in [1.29, 1.82) is 0 Å². The lowest BCUT2D eigenvalue weighted by molar-refractivity contribution is 0.597. The van der Waals surface area contributed by atoms with Crippen molar-refractivity contribution in [2.24, 2.45) is 5.14 Å². The van der Waals surface area contributed by atoms with E-state index in [2.05, 4.69) is 43.7 Å². The Morgan fingerprint density at radius 2 is 1.67 bits per heavy atom. The molecule has 0 bridgehead atoms. The number of aryl methyl sites for hydroxylation is 1. The van der Waals surface area contributed by atoms with Gasteiger partial charge in [-0.15, -0.1) is 0 Å². The fourth-order valence-corrected chi connectivity index (χ4v) is 3.85. The molecule has 1 fully saturated rings. The van der Waals surface area contributed by atoms with Gasteiger partial charge in [0.15, 0.2) is 0 Å². The van der Waals surface area contributed by atoms with Gasteiger partial charge in [0.25, 0.3) is 0 Å². The van der Waals surface area contributed by atoms with Crippen molar-refractivity contribution in [1.82, 2.24) is 4.98 Å². The molecule has 6 nitrogen and oxygen atoms in total. The summed E-state index contributed by atoms with van der Waals surface area (Å²) in [5.41, 5.74) is 2.15. The third-order valence-electron chi connectivity index (χ3n) is 4.13. The van der Waals surface area contributed by atoms with Gasteiger partial charge in [-0.25, -0.2) is 18.5 Å². The zero-order chi connectivity index (χ0) is 17.3. The highest BCUT2D eigenvalue weighted by molar-refractivity contribution is 9.10. The van der Waals surface area contributed by atoms with Crippen molar-refractivity contribution in [3.63, 3.8) is 0 Å². The zero-order valence-corrected chi connectivity index (χ0v) is 15.7. The third-order valence-corrected chi connectivity index (χ3v) is 5.49. The molecule has 3 rings (SSSR count). The highest BCUT2D eigenvalue weighted by atomic mass is 79.9. The van der Waals surface area contributed by atoms with Crippen LogP contribution in [0.25, 0.3) is 0 Å². The summed E-state index contributed by atoms with van der Waals surface area (Å²) in [4.78, 5) is 9.16. The molecule has 0 unspecified atom stereocenters. The van der Waals surface area contributed by atoms with Crippen LogP contribution in [0.1, 0.15) is 5.56 Å². The Balaban J connectivity index is 1.69. The number of sulfonamides is 1. The molecule has 0 atom stereocenters. The highest BCUT2D eigenvalue weighted by Gasteiger charge is 2.20. The molecular weight excluding hydrogens is 392 g/mol. The Morgan fingerprint density at radius 1 is 1.08 bits per heavy atom. The van der Waals surface area contributed by atoms with Gasteiger partial charge in [0.2, 0.25) is 10.0 Å². The number of nitrogens with zero attached hydrogens (tertiary/aromatic N) is 3. The van der Waals surface area contributed by atoms with E-state index in [-0.39, 0.29) is 4.90 Å². The monoisotopic (exact) mass is 410 g/mol. The Bertz CT molecular complexity index is 832. The minimum Gasteiger partial charge on any atom is -0.368 e. The van der Waals surface area contributed by atoms with Crippen LogP contribution in [0, 0.1) is 6.92 Å². The van der Waals surface area contributed by atoms with Crippen molar-refractivity contribution in [2.45, 2.75) is 11.8 Å². The second kappa shape index (κ2) is 6.70. The van der Waals surface area contributed by atoms with Crippen LogP contribution in [0.3, 0.4) is 0 Å². The Morgan fingerprint density at radius 3 is 2.21 bits per heavy atom. The van der Waals surface area contributed by atoms with Crippen LogP contribution in [0.5, 0.6) is 0 Å². The minimum atomic E-state index is -3.64. The average Bonchev–Trinajstić information content (AvgIpc) is 2.54. The predicted octanol–water partition coefficient (Wildman–Crippen LogP) is 2.13. The lowest BCUT2D eigenvalue weighted by Gasteiger charge is -2.37. The molecule has 2 aromatic rings. The summed E-state index contributed by atoms with van der Waals surface area (Å²) in [5, 5.41) is 5.13. The fraction of sp³-hybridized carbons (Fsp3) is 0.312. The molecular formula is C16H19BrN4O2S. The smallest absolute Gasteiger partial charge is 0.238 e. The average molecular weight is 411 g/mol. The number of piperazine rings is 1. The minimum absolute atomic E-state index is 0.138. The molecule has 2 N–H and O–H groups in total. The van der Waals surface area contributed by atoms with E-state index in [9.17, 15) is 8.42 Å². The lowest BCUT2D eigenvalue weighted by Crippen LogP contribution is -2.47. The van der Waals surface area contributed by atoms with Crippen LogP contribution in [-0.2, 0) is 10.0 Å². The summed E-state index contributed by atoms with van der Waals surface area (Å²) in [7, 11) is -3.64. The maximum atomic E-state index is 11.3. The Hall–Kier alpha value is -1.64. The number of primary sulfonamides is 1. The predicted molar refractivity (Wildman–Crippen MR) is 98.9 cm³/mol. The molecule has 1 aliphatic rings. The summed E-state index contributed by atoms with van der Waals surface area (Å²) in [5.74, 6) is 1.02. The summed E-state index contributed by atoms with van der Waals surface area (Å²) >= 11 is 3.44. The topological polar surface area (TPSA) is 79.5 Å². The van der Waals surface area contributed by atoms with Gasteiger partial charge < -0.3 is 9.80 Å². The third kappa shape index (κ3) is 3.71. The van der Waals surface area contributed by atoms with Gasteiger partial charge in [0.1, 0.15) is 5.82 Å². The number of halogens is 1. The maximum absolute atomic E-state index is 11.3. The van der Waals surface area contributed by atoms with Crippen molar-refractivity contribution >= 4 is 37.5 Å². The molecule has 0 saturated carbocycles. The number of anilines is 2. The zero-order valence-electron chi connectivity index (χ0n) is 13.3. The van der Waals surface area contributed by atoms with Crippen LogP contribution in [0.2, 0.25) is 0 Å². The van der Waals surface area contributed by atoms with Crippen molar-refractivity contribution in [3.8, 4) is 0 Å². The van der Waals surface area contributed by atoms with E-state index in [4.69, 9.17) is 5.14 Å². The molecule has 1 aromatic heterocycles. The first-order chi connectivity index (χ1) is 11.3. The van der Waals surface area contributed by atoms with Crippen LogP contribution in [0.4, 0.5) is 11.5 Å². The first-order valence-corrected chi connectivity index (χ1v) is 9.93. The first kappa shape index (κ1) is 17.2. The number of rotatable bonds is 3. The van der Waals surface area contributed by atoms with E-state index in [1.54, 1.807) is 24.3 Å². The highest BCUT2D eigenvalue weighted by Crippen LogP contribution is 2.24. The number of benzene rings is 1. The second-order valence-corrected chi connectivity index (χ2v) is 8.28. The molecule has 1 saturated heterocycles. The molecule has 2 heterocycles. The number of aromatic nitrogens is 1. The summed E-state index contributed by atoms with van der Waals surface area (Å²) in [6.07, 6.45) is 1.82. The van der Waals surface area contributed by atoms with Gasteiger partial charge in [-0.1, -0.05) is 0 Å². The normalized spacial score (nSPS) is 15.6. The quantitative estimate of drug-likeness (QED) is 0.837. The van der Waals surface area contributed by atoms with Crippen LogP contribution in [-0.4, -0.2) is 39.6 Å². The molecule has 0 amide bonds. The van der Waals surface area contributed by atoms with Crippen molar-refractivity contribution in [2.75, 3.05) is 36.0 Å². The first-order valence-electron chi connectivity index (χ1n) is 7.59. The molecule has 1 aromatic carbocycles. The second-order valence-electron chi connectivity index (χ2n) is 5.81. The van der Waals surface area contributed by atoms with Crippen molar-refractivity contribution < 1.29 is 8.42 Å². The molecule has 1 aliphatic heterocycles. The Kier molecular flexibility index (Phi) is 4.80. The lowest BCUT2D eigenvalue weighted by atomic mass is 10.2. The molecule has 8 heteroatoms. The van der Waals surface area contributed by atoms with Gasteiger partial charge in [0, 0.05) is 42.5 Å². The summed E-state index contributed by atoms with van der Waals surface area (Å²) < 4.78 is 23.6. The van der Waals surface area contributed by atoms with E-state index in [1.807, 2.05) is 6.20 Å². The van der Waals surface area contributed by atoms with Gasteiger partial charge in [-0.05, 0) is 58.7 Å². The maximum Gasteiger partial charge on any atom is 0.238 e. The van der Waals surface area contributed by atoms with Gasteiger partial charge in [-0.2, -0.15) is 0 Å². The fourth-order valence-electron chi connectivity index (χ4n) is 2.89. The van der Waals surface area contributed by atoms with Crippen molar-refractivity contribution in [3.05, 3.63) is 46.6 Å². The number of hydrogen-bond donors (Lipinski definition) is 1. The summed E-state index contributed by atoms with van der Waals surface area (Å²) in [6.45, 7) is 5.50. The summed E-state index contributed by atoms with van der Waals surface area (Å²) in [6, 6.07) is 8.78. The number of hydrogen-bond acceptors (Lipinski definition) is 5. The molecule has 24 heavy (non-hydrogen) atoms. The standard InChI is InChI=1S/C16H19BrN4O2S/c1-12-10-13(17)11-19-16(12)21-8-6-20(7-9-21)14-2-4-15(5-3-14)24(18,22)23/h2-5,10-11H,6-9H2,1H3,(H2,18,22,23). The van der Waals surface area contributed by atoms with E-state index in [0.717, 1.165) is 47.7 Å². The Labute approximate surface area is 150 Å². The largest absolute Gasteiger partial charge is 0.368 e. The molecule has 0 radical (unpaired) electrons. The van der Waals surface area contributed by atoms with Crippen LogP contribution < -0.4 is 14.9 Å².